The third-order valence-corrected chi connectivity index (χ3v) is 8.64. The van der Waals surface area contributed by atoms with E-state index in [-0.39, 0.29) is 18.5 Å². The Morgan fingerprint density at radius 3 is 2.86 bits per heavy atom. The molecule has 4 bridgehead atoms. The summed E-state index contributed by atoms with van der Waals surface area (Å²) in [6.07, 6.45) is 2.59. The first kappa shape index (κ1) is 18.2. The number of hydrogen-bond donors (Lipinski definition) is 3. The van der Waals surface area contributed by atoms with Gasteiger partial charge >= 0.3 is 5.97 Å². The number of para-hydroxylation sites is 1. The van der Waals surface area contributed by atoms with E-state index < -0.39 is 22.6 Å². The summed E-state index contributed by atoms with van der Waals surface area (Å²) in [4.78, 5) is 13.5. The summed E-state index contributed by atoms with van der Waals surface area (Å²) in [7, 11) is 3.59. The van der Waals surface area contributed by atoms with Crippen LogP contribution in [0.15, 0.2) is 35.9 Å². The summed E-state index contributed by atoms with van der Waals surface area (Å²) >= 11 is 0. The number of rotatable bonds is 2. The van der Waals surface area contributed by atoms with E-state index in [1.807, 2.05) is 25.1 Å². The van der Waals surface area contributed by atoms with E-state index in [0.29, 0.717) is 17.3 Å². The summed E-state index contributed by atoms with van der Waals surface area (Å²) in [6.45, 7) is 3.26. The van der Waals surface area contributed by atoms with Crippen LogP contribution >= 0.6 is 0 Å². The van der Waals surface area contributed by atoms with Gasteiger partial charge in [-0.3, -0.25) is 9.28 Å². The van der Waals surface area contributed by atoms with Gasteiger partial charge < -0.3 is 20.3 Å². The lowest BCUT2D eigenvalue weighted by Crippen LogP contribution is -2.78. The fraction of sp³-hybridized carbons (Fsp3) is 0.591. The van der Waals surface area contributed by atoms with Gasteiger partial charge in [0.05, 0.1) is 32.7 Å². The third kappa shape index (κ3) is 1.52. The van der Waals surface area contributed by atoms with Gasteiger partial charge in [-0.15, -0.1) is 0 Å². The van der Waals surface area contributed by atoms with Crippen LogP contribution < -0.4 is 5.32 Å². The molecule has 1 aliphatic carbocycles. The number of carbonyl (C=O) groups excluding carboxylic acids is 1. The van der Waals surface area contributed by atoms with Crippen molar-refractivity contribution in [2.45, 2.75) is 36.9 Å². The van der Waals surface area contributed by atoms with Gasteiger partial charge in [-0.25, -0.2) is 0 Å². The molecule has 0 aromatic heterocycles. The quantitative estimate of drug-likeness (QED) is 0.407. The predicted molar refractivity (Wildman–Crippen MR) is 104 cm³/mol. The zero-order valence-electron chi connectivity index (χ0n) is 16.7. The molecular weight excluding hydrogens is 356 g/mol. The van der Waals surface area contributed by atoms with Crippen LogP contribution in [0.4, 0.5) is 5.69 Å². The maximum atomic E-state index is 13.5. The molecule has 4 heterocycles. The van der Waals surface area contributed by atoms with Gasteiger partial charge in [0.1, 0.15) is 18.1 Å². The van der Waals surface area contributed by atoms with Crippen LogP contribution in [0.1, 0.15) is 25.3 Å². The number of esters is 1. The molecule has 1 spiro atoms. The summed E-state index contributed by atoms with van der Waals surface area (Å²) in [5.41, 5.74) is 0.476. The first-order valence-electron chi connectivity index (χ1n) is 10.1. The molecule has 3 N–H and O–H groups in total. The number of likely N-dealkylation sites (N-methyl/N-ethyl adjacent to an activating group) is 1. The van der Waals surface area contributed by atoms with Gasteiger partial charge in [0.2, 0.25) is 5.66 Å². The number of ether oxygens (including phenoxy) is 1. The molecular formula is C22H29N2O4+. The summed E-state index contributed by atoms with van der Waals surface area (Å²) in [5, 5.41) is 26.2. The number of aliphatic hydroxyl groups excluding tert-OH is 2. The van der Waals surface area contributed by atoms with E-state index in [2.05, 4.69) is 24.5 Å². The lowest BCUT2D eigenvalue weighted by Gasteiger charge is -2.58. The van der Waals surface area contributed by atoms with Crippen molar-refractivity contribution in [3.8, 4) is 0 Å². The average molecular weight is 385 g/mol. The third-order valence-electron chi connectivity index (χ3n) is 8.64. The zero-order valence-corrected chi connectivity index (χ0v) is 16.7. The number of nitrogens with zero attached hydrogens (tertiary/aromatic N) is 1. The highest BCUT2D eigenvalue weighted by atomic mass is 16.5. The fourth-order valence-electron chi connectivity index (χ4n) is 7.70. The number of quaternary nitrogens is 1. The van der Waals surface area contributed by atoms with Gasteiger partial charge in [-0.1, -0.05) is 24.3 Å². The molecule has 5 aliphatic rings. The van der Waals surface area contributed by atoms with Gasteiger partial charge in [0.25, 0.3) is 0 Å². The smallest absolute Gasteiger partial charge is 0.316 e. The minimum absolute atomic E-state index is 0.258. The molecule has 1 aromatic carbocycles. The number of allylic oxidation sites excluding steroid dienone is 1. The van der Waals surface area contributed by atoms with Crippen molar-refractivity contribution in [1.29, 1.82) is 0 Å². The van der Waals surface area contributed by atoms with Gasteiger partial charge in [-0.05, 0) is 30.5 Å². The van der Waals surface area contributed by atoms with E-state index >= 15 is 0 Å². The number of carbonyl (C=O) groups is 1. The molecule has 4 aliphatic heterocycles. The number of benzene rings is 1. The molecule has 6 heteroatoms. The molecule has 150 valence electrons. The SMILES string of the molecule is C/C=C1/C[N@+]2(C)CC[C@@]34c5ccccc5N[C@]32[C@@H](O)C[C@@H]1C4(CO)C(=O)OC. The molecule has 0 radical (unpaired) electrons. The summed E-state index contributed by atoms with van der Waals surface area (Å²) in [6, 6.07) is 8.04. The van der Waals surface area contributed by atoms with Crippen molar-refractivity contribution < 1.29 is 24.2 Å². The maximum Gasteiger partial charge on any atom is 0.316 e. The van der Waals surface area contributed by atoms with Crippen LogP contribution in [0.5, 0.6) is 0 Å². The van der Waals surface area contributed by atoms with Crippen molar-refractivity contribution in [2.75, 3.05) is 39.2 Å². The van der Waals surface area contributed by atoms with Crippen LogP contribution in [0, 0.1) is 11.3 Å². The zero-order chi connectivity index (χ0) is 19.9. The van der Waals surface area contributed by atoms with Gasteiger partial charge in [-0.2, -0.15) is 0 Å². The first-order chi connectivity index (χ1) is 13.4. The molecule has 3 saturated heterocycles. The molecule has 0 amide bonds. The van der Waals surface area contributed by atoms with Gasteiger partial charge in [0.15, 0.2) is 0 Å². The van der Waals surface area contributed by atoms with Crippen LogP contribution in [-0.4, -0.2) is 66.3 Å². The van der Waals surface area contributed by atoms with Crippen molar-refractivity contribution in [1.82, 2.24) is 0 Å². The molecule has 1 aromatic rings. The number of aliphatic hydroxyl groups is 2. The Morgan fingerprint density at radius 2 is 2.18 bits per heavy atom. The van der Waals surface area contributed by atoms with Crippen LogP contribution in [0.3, 0.4) is 0 Å². The molecule has 1 saturated carbocycles. The van der Waals surface area contributed by atoms with E-state index in [1.54, 1.807) is 0 Å². The number of fused-ring (bicyclic) bond motifs is 3. The molecule has 6 atom stereocenters. The van der Waals surface area contributed by atoms with E-state index in [9.17, 15) is 15.0 Å². The second-order valence-electron chi connectivity index (χ2n) is 9.16. The highest BCUT2D eigenvalue weighted by molar-refractivity contribution is 5.85. The van der Waals surface area contributed by atoms with Crippen molar-refractivity contribution in [2.24, 2.45) is 11.3 Å². The standard InChI is InChI=1S/C22H29N2O4/c1-4-14-12-24(2)10-9-21-15-7-5-6-8-17(15)23-22(21,24)18(26)11-16(14)20(21,13-25)19(27)28-3/h4-8,16,18,23,25-26H,9-13H2,1-3H3/q+1/b14-4-/t16-,18-,20?,21-,22-,24-/m0/s1. The molecule has 4 fully saturated rings. The second kappa shape index (κ2) is 5.38. The Hall–Kier alpha value is -1.89. The van der Waals surface area contributed by atoms with Crippen molar-refractivity contribution in [3.05, 3.63) is 41.5 Å². The normalized spacial score (nSPS) is 46.7. The first-order valence-corrected chi connectivity index (χ1v) is 10.1. The molecule has 28 heavy (non-hydrogen) atoms. The summed E-state index contributed by atoms with van der Waals surface area (Å²) < 4.78 is 5.98. The Kier molecular flexibility index (Phi) is 3.49. The topological polar surface area (TPSA) is 78.8 Å². The van der Waals surface area contributed by atoms with Crippen LogP contribution in [-0.2, 0) is 14.9 Å². The number of hydrogen-bond acceptors (Lipinski definition) is 5. The number of nitrogens with one attached hydrogen (secondary N) is 1. The molecule has 6 nitrogen and oxygen atoms in total. The number of anilines is 1. The van der Waals surface area contributed by atoms with Crippen molar-refractivity contribution in [3.63, 3.8) is 0 Å². The Morgan fingerprint density at radius 1 is 1.43 bits per heavy atom. The minimum atomic E-state index is -1.13. The van der Waals surface area contributed by atoms with E-state index in [1.165, 1.54) is 7.11 Å². The van der Waals surface area contributed by atoms with E-state index in [4.69, 9.17) is 4.74 Å². The lowest BCUT2D eigenvalue weighted by molar-refractivity contribution is -0.944. The Balaban J connectivity index is 1.96. The second-order valence-corrected chi connectivity index (χ2v) is 9.16. The monoisotopic (exact) mass is 385 g/mol. The minimum Gasteiger partial charge on any atom is -0.468 e. The Labute approximate surface area is 165 Å². The molecule has 1 unspecified atom stereocenters. The fourth-order valence-corrected chi connectivity index (χ4v) is 7.70. The van der Waals surface area contributed by atoms with Crippen LogP contribution in [0.25, 0.3) is 0 Å². The molecule has 6 rings (SSSR count). The van der Waals surface area contributed by atoms with Gasteiger partial charge in [0, 0.05) is 18.0 Å². The Bertz CT molecular complexity index is 900. The van der Waals surface area contributed by atoms with Crippen LogP contribution in [0.2, 0.25) is 0 Å². The highest BCUT2D eigenvalue weighted by Gasteiger charge is 2.88. The van der Waals surface area contributed by atoms with E-state index in [0.717, 1.165) is 29.9 Å². The summed E-state index contributed by atoms with van der Waals surface area (Å²) in [5.74, 6) is -0.629. The van der Waals surface area contributed by atoms with Crippen molar-refractivity contribution >= 4 is 11.7 Å². The largest absolute Gasteiger partial charge is 0.468 e. The average Bonchev–Trinajstić information content (AvgIpc) is 3.12. The predicted octanol–water partition coefficient (Wildman–Crippen LogP) is 1.39. The lowest BCUT2D eigenvalue weighted by atomic mass is 9.45. The number of methoxy groups -OCH3 is 1. The maximum absolute atomic E-state index is 13.5. The highest BCUT2D eigenvalue weighted by Crippen LogP contribution is 2.74.